The van der Waals surface area contributed by atoms with E-state index in [2.05, 4.69) is 41.5 Å². The third-order valence-corrected chi connectivity index (χ3v) is 5.01. The summed E-state index contributed by atoms with van der Waals surface area (Å²) < 4.78 is 0. The minimum absolute atomic E-state index is 0.922. The van der Waals surface area contributed by atoms with Crippen LogP contribution in [-0.4, -0.2) is 0 Å². The Balaban J connectivity index is 4.77. The molecule has 0 aliphatic heterocycles. The average Bonchev–Trinajstić information content (AvgIpc) is 2.38. The Labute approximate surface area is 123 Å². The predicted octanol–water partition coefficient (Wildman–Crippen LogP) is 7.08. The van der Waals surface area contributed by atoms with Gasteiger partial charge >= 0.3 is 0 Å². The first-order valence-electron chi connectivity index (χ1n) is 9.12. The second-order valence-corrected chi connectivity index (χ2v) is 6.79. The molecule has 116 valence electrons. The van der Waals surface area contributed by atoms with Crippen LogP contribution < -0.4 is 0 Å². The largest absolute Gasteiger partial charge is 0.0654 e. The number of unbranched alkanes of at least 4 members (excludes halogenated alkanes) is 1. The SMILES string of the molecule is CCCCC(C(C)CCC)C(CCC)C(C)CCC. The standard InChI is InChI=1S/C19H40/c1-7-11-15-19(17(6)13-9-3)18(14-10-4)16(5)12-8-2/h16-19H,7-15H2,1-6H3. The topological polar surface area (TPSA) is 0 Å². The summed E-state index contributed by atoms with van der Waals surface area (Å²) >= 11 is 0. The van der Waals surface area contributed by atoms with Gasteiger partial charge in [0, 0.05) is 0 Å². The molecule has 0 amide bonds. The van der Waals surface area contributed by atoms with E-state index in [4.69, 9.17) is 0 Å². The first kappa shape index (κ1) is 19.0. The van der Waals surface area contributed by atoms with Gasteiger partial charge in [-0.15, -0.1) is 0 Å². The molecular formula is C19H40. The van der Waals surface area contributed by atoms with Crippen molar-refractivity contribution in [2.45, 2.75) is 99.3 Å². The van der Waals surface area contributed by atoms with E-state index in [0.29, 0.717) is 0 Å². The van der Waals surface area contributed by atoms with Crippen LogP contribution in [0.5, 0.6) is 0 Å². The average molecular weight is 269 g/mol. The lowest BCUT2D eigenvalue weighted by atomic mass is 9.69. The van der Waals surface area contributed by atoms with E-state index < -0.39 is 0 Å². The first-order chi connectivity index (χ1) is 9.12. The smallest absolute Gasteiger partial charge is 0.0358 e. The summed E-state index contributed by atoms with van der Waals surface area (Å²) in [6.45, 7) is 14.4. The van der Waals surface area contributed by atoms with Crippen LogP contribution in [0.2, 0.25) is 0 Å². The molecule has 19 heavy (non-hydrogen) atoms. The lowest BCUT2D eigenvalue weighted by molar-refractivity contribution is 0.139. The van der Waals surface area contributed by atoms with Gasteiger partial charge in [0.15, 0.2) is 0 Å². The molecule has 0 saturated heterocycles. The maximum absolute atomic E-state index is 2.52. The van der Waals surface area contributed by atoms with Crippen LogP contribution in [0.4, 0.5) is 0 Å². The number of rotatable bonds is 12. The van der Waals surface area contributed by atoms with Gasteiger partial charge in [0.25, 0.3) is 0 Å². The molecular weight excluding hydrogens is 228 g/mol. The molecule has 0 saturated carbocycles. The third-order valence-electron chi connectivity index (χ3n) is 5.01. The fraction of sp³-hybridized carbons (Fsp3) is 1.00. The molecule has 0 fully saturated rings. The molecule has 0 nitrogen and oxygen atoms in total. The van der Waals surface area contributed by atoms with Crippen molar-refractivity contribution in [3.8, 4) is 0 Å². The van der Waals surface area contributed by atoms with Crippen molar-refractivity contribution >= 4 is 0 Å². The first-order valence-corrected chi connectivity index (χ1v) is 9.12. The molecule has 0 rings (SSSR count). The predicted molar refractivity (Wildman–Crippen MR) is 89.6 cm³/mol. The van der Waals surface area contributed by atoms with Crippen molar-refractivity contribution in [3.63, 3.8) is 0 Å². The quantitative estimate of drug-likeness (QED) is 0.354. The minimum Gasteiger partial charge on any atom is -0.0654 e. The molecule has 0 heteroatoms. The summed E-state index contributed by atoms with van der Waals surface area (Å²) in [6.07, 6.45) is 12.6. The van der Waals surface area contributed by atoms with Gasteiger partial charge in [-0.05, 0) is 30.1 Å². The molecule has 0 radical (unpaired) electrons. The number of hydrogen-bond acceptors (Lipinski definition) is 0. The zero-order valence-electron chi connectivity index (χ0n) is 14.7. The Bertz CT molecular complexity index is 184. The van der Waals surface area contributed by atoms with E-state index in [1.54, 1.807) is 0 Å². The van der Waals surface area contributed by atoms with Gasteiger partial charge in [0.2, 0.25) is 0 Å². The molecule has 4 unspecified atom stereocenters. The highest BCUT2D eigenvalue weighted by molar-refractivity contribution is 4.78. The van der Waals surface area contributed by atoms with E-state index in [1.807, 2.05) is 0 Å². The summed E-state index contributed by atoms with van der Waals surface area (Å²) in [5, 5.41) is 0. The Morgan fingerprint density at radius 3 is 1.32 bits per heavy atom. The van der Waals surface area contributed by atoms with E-state index in [1.165, 1.54) is 57.8 Å². The van der Waals surface area contributed by atoms with Crippen molar-refractivity contribution in [2.75, 3.05) is 0 Å². The van der Waals surface area contributed by atoms with Crippen molar-refractivity contribution in [2.24, 2.45) is 23.7 Å². The molecule has 0 aromatic heterocycles. The van der Waals surface area contributed by atoms with Gasteiger partial charge in [-0.1, -0.05) is 92.9 Å². The van der Waals surface area contributed by atoms with Crippen molar-refractivity contribution in [1.29, 1.82) is 0 Å². The fourth-order valence-corrected chi connectivity index (χ4v) is 3.95. The van der Waals surface area contributed by atoms with Crippen molar-refractivity contribution in [3.05, 3.63) is 0 Å². The fourth-order valence-electron chi connectivity index (χ4n) is 3.95. The second kappa shape index (κ2) is 11.8. The molecule has 0 bridgehead atoms. The zero-order valence-corrected chi connectivity index (χ0v) is 14.7. The molecule has 0 aliphatic rings. The van der Waals surface area contributed by atoms with Crippen LogP contribution in [0.15, 0.2) is 0 Å². The summed E-state index contributed by atoms with van der Waals surface area (Å²) in [5.74, 6) is 3.79. The van der Waals surface area contributed by atoms with Gasteiger partial charge in [-0.3, -0.25) is 0 Å². The summed E-state index contributed by atoms with van der Waals surface area (Å²) in [4.78, 5) is 0. The minimum atomic E-state index is 0.922. The van der Waals surface area contributed by atoms with E-state index in [9.17, 15) is 0 Å². The Hall–Kier alpha value is 0. The summed E-state index contributed by atoms with van der Waals surface area (Å²) in [5.41, 5.74) is 0. The molecule has 0 heterocycles. The van der Waals surface area contributed by atoms with E-state index in [-0.39, 0.29) is 0 Å². The lowest BCUT2D eigenvalue weighted by Gasteiger charge is -2.36. The highest BCUT2D eigenvalue weighted by Gasteiger charge is 2.28. The Morgan fingerprint density at radius 1 is 0.526 bits per heavy atom. The summed E-state index contributed by atoms with van der Waals surface area (Å²) in [6, 6.07) is 0. The molecule has 4 atom stereocenters. The van der Waals surface area contributed by atoms with Gasteiger partial charge in [-0.25, -0.2) is 0 Å². The van der Waals surface area contributed by atoms with E-state index >= 15 is 0 Å². The third kappa shape index (κ3) is 7.37. The maximum Gasteiger partial charge on any atom is -0.0358 e. The van der Waals surface area contributed by atoms with Crippen molar-refractivity contribution in [1.82, 2.24) is 0 Å². The van der Waals surface area contributed by atoms with Crippen LogP contribution in [-0.2, 0) is 0 Å². The van der Waals surface area contributed by atoms with Crippen LogP contribution in [0.25, 0.3) is 0 Å². The van der Waals surface area contributed by atoms with Crippen molar-refractivity contribution < 1.29 is 0 Å². The maximum atomic E-state index is 2.52. The monoisotopic (exact) mass is 268 g/mol. The molecule has 0 aromatic rings. The summed E-state index contributed by atoms with van der Waals surface area (Å²) in [7, 11) is 0. The zero-order chi connectivity index (χ0) is 14.7. The highest BCUT2D eigenvalue weighted by atomic mass is 14.3. The Morgan fingerprint density at radius 2 is 0.947 bits per heavy atom. The normalized spacial score (nSPS) is 18.0. The molecule has 0 N–H and O–H groups in total. The van der Waals surface area contributed by atoms with Gasteiger partial charge in [0.05, 0.1) is 0 Å². The number of hydrogen-bond donors (Lipinski definition) is 0. The van der Waals surface area contributed by atoms with Crippen LogP contribution in [0.3, 0.4) is 0 Å². The highest BCUT2D eigenvalue weighted by Crippen LogP contribution is 2.38. The van der Waals surface area contributed by atoms with Gasteiger partial charge < -0.3 is 0 Å². The Kier molecular flexibility index (Phi) is 11.8. The molecule has 0 aliphatic carbocycles. The van der Waals surface area contributed by atoms with Gasteiger partial charge in [0.1, 0.15) is 0 Å². The van der Waals surface area contributed by atoms with Crippen LogP contribution in [0, 0.1) is 23.7 Å². The van der Waals surface area contributed by atoms with E-state index in [0.717, 1.165) is 23.7 Å². The molecule has 0 spiro atoms. The van der Waals surface area contributed by atoms with Crippen LogP contribution >= 0.6 is 0 Å². The lowest BCUT2D eigenvalue weighted by Crippen LogP contribution is -2.27. The van der Waals surface area contributed by atoms with Crippen LogP contribution in [0.1, 0.15) is 99.3 Å². The van der Waals surface area contributed by atoms with Gasteiger partial charge in [-0.2, -0.15) is 0 Å². The second-order valence-electron chi connectivity index (χ2n) is 6.79. The molecule has 0 aromatic carbocycles.